The van der Waals surface area contributed by atoms with Crippen molar-refractivity contribution in [1.82, 2.24) is 4.90 Å². The van der Waals surface area contributed by atoms with Crippen LogP contribution in [0.1, 0.15) is 30.2 Å². The van der Waals surface area contributed by atoms with Crippen molar-refractivity contribution in [2.24, 2.45) is 5.73 Å². The zero-order valence-electron chi connectivity index (χ0n) is 11.9. The molecule has 0 heterocycles. The second kappa shape index (κ2) is 8.57. The van der Waals surface area contributed by atoms with Crippen molar-refractivity contribution < 1.29 is 0 Å². The average molecular weight is 266 g/mol. The van der Waals surface area contributed by atoms with E-state index in [2.05, 4.69) is 49.9 Å². The van der Waals surface area contributed by atoms with Gasteiger partial charge in [-0.05, 0) is 31.1 Å². The zero-order valence-corrected chi connectivity index (χ0v) is 12.7. The van der Waals surface area contributed by atoms with Crippen LogP contribution in [0.25, 0.3) is 0 Å². The maximum absolute atomic E-state index is 5.92. The van der Waals surface area contributed by atoms with Crippen LogP contribution in [-0.4, -0.2) is 36.8 Å². The molecule has 102 valence electrons. The van der Waals surface area contributed by atoms with Gasteiger partial charge < -0.3 is 10.6 Å². The molecule has 1 aromatic carbocycles. The Hall–Kier alpha value is -0.510. The van der Waals surface area contributed by atoms with E-state index in [4.69, 9.17) is 5.73 Å². The van der Waals surface area contributed by atoms with E-state index >= 15 is 0 Å². The van der Waals surface area contributed by atoms with Crippen LogP contribution in [0.15, 0.2) is 24.3 Å². The second-order valence-corrected chi connectivity index (χ2v) is 5.79. The van der Waals surface area contributed by atoms with Crippen LogP contribution in [0.4, 0.5) is 0 Å². The molecule has 2 N–H and O–H groups in total. The normalized spacial score (nSPS) is 12.9. The highest BCUT2D eigenvalue weighted by molar-refractivity contribution is 7.99. The summed E-state index contributed by atoms with van der Waals surface area (Å²) in [6.07, 6.45) is 0. The van der Waals surface area contributed by atoms with Gasteiger partial charge in [0.25, 0.3) is 0 Å². The molecule has 1 rings (SSSR count). The van der Waals surface area contributed by atoms with Gasteiger partial charge in [-0.3, -0.25) is 0 Å². The van der Waals surface area contributed by atoms with Crippen LogP contribution in [0.3, 0.4) is 0 Å². The molecule has 0 saturated heterocycles. The largest absolute Gasteiger partial charge is 0.329 e. The Balaban J connectivity index is 2.50. The summed E-state index contributed by atoms with van der Waals surface area (Å²) in [7, 11) is 0. The summed E-state index contributed by atoms with van der Waals surface area (Å²) in [6, 6.07) is 8.57. The Kier molecular flexibility index (Phi) is 7.40. The summed E-state index contributed by atoms with van der Waals surface area (Å²) < 4.78 is 0. The van der Waals surface area contributed by atoms with Gasteiger partial charge >= 0.3 is 0 Å². The monoisotopic (exact) mass is 266 g/mol. The van der Waals surface area contributed by atoms with Gasteiger partial charge in [-0.15, -0.1) is 0 Å². The summed E-state index contributed by atoms with van der Waals surface area (Å²) >= 11 is 1.98. The molecule has 0 spiro atoms. The average Bonchev–Trinajstić information content (AvgIpc) is 2.40. The molecule has 18 heavy (non-hydrogen) atoms. The lowest BCUT2D eigenvalue weighted by molar-refractivity contribution is 0.324. The van der Waals surface area contributed by atoms with E-state index < -0.39 is 0 Å². The Labute approximate surface area is 116 Å². The first-order chi connectivity index (χ1) is 8.72. The fourth-order valence-corrected chi connectivity index (χ4v) is 3.32. The first-order valence-corrected chi connectivity index (χ1v) is 7.87. The highest BCUT2D eigenvalue weighted by atomic mass is 32.2. The Bertz CT molecular complexity index is 337. The highest BCUT2D eigenvalue weighted by Gasteiger charge is 2.12. The van der Waals surface area contributed by atoms with Crippen molar-refractivity contribution in [1.29, 1.82) is 0 Å². The maximum Gasteiger partial charge on any atom is 0.0422 e. The predicted octanol–water partition coefficient (Wildman–Crippen LogP) is 3.07. The van der Waals surface area contributed by atoms with E-state index in [0.717, 1.165) is 25.4 Å². The number of hydrogen-bond donors (Lipinski definition) is 1. The van der Waals surface area contributed by atoms with E-state index in [-0.39, 0.29) is 0 Å². The van der Waals surface area contributed by atoms with Crippen LogP contribution in [0.2, 0.25) is 0 Å². The van der Waals surface area contributed by atoms with Crippen LogP contribution < -0.4 is 5.73 Å². The van der Waals surface area contributed by atoms with Crippen molar-refractivity contribution in [2.45, 2.75) is 26.0 Å². The summed E-state index contributed by atoms with van der Waals surface area (Å²) in [6.45, 7) is 10.7. The lowest BCUT2D eigenvalue weighted by atomic mass is 10.1. The van der Waals surface area contributed by atoms with Crippen LogP contribution in [0.5, 0.6) is 0 Å². The molecule has 3 heteroatoms. The van der Waals surface area contributed by atoms with Gasteiger partial charge in [0.2, 0.25) is 0 Å². The van der Waals surface area contributed by atoms with Crippen LogP contribution >= 0.6 is 11.8 Å². The SMILES string of the molecule is CCN(CC)CCSC(CN)c1ccccc1C. The first-order valence-electron chi connectivity index (χ1n) is 6.82. The van der Waals surface area contributed by atoms with E-state index in [1.807, 2.05) is 11.8 Å². The minimum atomic E-state index is 0.432. The molecule has 0 fully saturated rings. The van der Waals surface area contributed by atoms with Gasteiger partial charge in [0.1, 0.15) is 0 Å². The lowest BCUT2D eigenvalue weighted by Crippen LogP contribution is -2.26. The number of nitrogens with zero attached hydrogens (tertiary/aromatic N) is 1. The third-order valence-electron chi connectivity index (χ3n) is 3.37. The number of nitrogens with two attached hydrogens (primary N) is 1. The molecule has 0 aliphatic rings. The van der Waals surface area contributed by atoms with Crippen molar-refractivity contribution in [2.75, 3.05) is 31.9 Å². The molecular weight excluding hydrogens is 240 g/mol. The Morgan fingerprint density at radius 2 is 1.89 bits per heavy atom. The number of aryl methyl sites for hydroxylation is 1. The quantitative estimate of drug-likeness (QED) is 0.784. The standard InChI is InChI=1S/C15H26N2S/c1-4-17(5-2)10-11-18-15(12-16)14-9-7-6-8-13(14)3/h6-9,15H,4-5,10-12,16H2,1-3H3. The fourth-order valence-electron chi connectivity index (χ4n) is 2.10. The first kappa shape index (κ1) is 15.5. The van der Waals surface area contributed by atoms with Crippen molar-refractivity contribution in [3.8, 4) is 0 Å². The predicted molar refractivity (Wildman–Crippen MR) is 83.2 cm³/mol. The Morgan fingerprint density at radius 3 is 2.44 bits per heavy atom. The third-order valence-corrected chi connectivity index (χ3v) is 4.64. The molecular formula is C15H26N2S. The van der Waals surface area contributed by atoms with Gasteiger partial charge in [-0.1, -0.05) is 38.1 Å². The fraction of sp³-hybridized carbons (Fsp3) is 0.600. The lowest BCUT2D eigenvalue weighted by Gasteiger charge is -2.21. The molecule has 2 nitrogen and oxygen atoms in total. The summed E-state index contributed by atoms with van der Waals surface area (Å²) in [5, 5.41) is 0.432. The highest BCUT2D eigenvalue weighted by Crippen LogP contribution is 2.29. The molecule has 1 aromatic rings. The molecule has 0 bridgehead atoms. The topological polar surface area (TPSA) is 29.3 Å². The van der Waals surface area contributed by atoms with Gasteiger partial charge in [0.05, 0.1) is 0 Å². The maximum atomic E-state index is 5.92. The Morgan fingerprint density at radius 1 is 1.22 bits per heavy atom. The van der Waals surface area contributed by atoms with E-state index in [1.54, 1.807) is 0 Å². The molecule has 0 radical (unpaired) electrons. The minimum Gasteiger partial charge on any atom is -0.329 e. The number of hydrogen-bond acceptors (Lipinski definition) is 3. The molecule has 0 aliphatic heterocycles. The molecule has 0 aliphatic carbocycles. The number of rotatable bonds is 8. The number of thioether (sulfide) groups is 1. The molecule has 0 saturated carbocycles. The molecule has 1 unspecified atom stereocenters. The van der Waals surface area contributed by atoms with Crippen molar-refractivity contribution in [3.05, 3.63) is 35.4 Å². The molecule has 0 aromatic heterocycles. The van der Waals surface area contributed by atoms with Gasteiger partial charge in [-0.2, -0.15) is 11.8 Å². The van der Waals surface area contributed by atoms with E-state index in [9.17, 15) is 0 Å². The van der Waals surface area contributed by atoms with Crippen LogP contribution in [-0.2, 0) is 0 Å². The van der Waals surface area contributed by atoms with Crippen molar-refractivity contribution in [3.63, 3.8) is 0 Å². The van der Waals surface area contributed by atoms with E-state index in [0.29, 0.717) is 11.8 Å². The third kappa shape index (κ3) is 4.63. The van der Waals surface area contributed by atoms with Crippen molar-refractivity contribution >= 4 is 11.8 Å². The minimum absolute atomic E-state index is 0.432. The summed E-state index contributed by atoms with van der Waals surface area (Å²) in [5.74, 6) is 1.15. The molecule has 0 amide bonds. The zero-order chi connectivity index (χ0) is 13.4. The van der Waals surface area contributed by atoms with E-state index in [1.165, 1.54) is 11.1 Å². The van der Waals surface area contributed by atoms with Crippen LogP contribution in [0, 0.1) is 6.92 Å². The summed E-state index contributed by atoms with van der Waals surface area (Å²) in [4.78, 5) is 2.46. The van der Waals surface area contributed by atoms with Gasteiger partial charge in [-0.25, -0.2) is 0 Å². The number of benzene rings is 1. The van der Waals surface area contributed by atoms with Gasteiger partial charge in [0, 0.05) is 24.1 Å². The summed E-state index contributed by atoms with van der Waals surface area (Å²) in [5.41, 5.74) is 8.66. The van der Waals surface area contributed by atoms with Gasteiger partial charge in [0.15, 0.2) is 0 Å². The smallest absolute Gasteiger partial charge is 0.0422 e. The second-order valence-electron chi connectivity index (χ2n) is 4.48. The molecule has 1 atom stereocenters.